The van der Waals surface area contributed by atoms with E-state index in [0.29, 0.717) is 6.42 Å². The zero-order chi connectivity index (χ0) is 8.97. The molecular weight excluding hydrogens is 156 g/mol. The minimum absolute atomic E-state index is 0.0131. The summed E-state index contributed by atoms with van der Waals surface area (Å²) in [5, 5.41) is 19.5. The van der Waals surface area contributed by atoms with Gasteiger partial charge in [0.25, 0.3) is 0 Å². The molecule has 0 heterocycles. The minimum Gasteiger partial charge on any atom is -0.465 e. The average molecular weight is 168 g/mol. The van der Waals surface area contributed by atoms with Gasteiger partial charge in [0.15, 0.2) is 0 Å². The van der Waals surface area contributed by atoms with E-state index in [2.05, 4.69) is 11.4 Å². The van der Waals surface area contributed by atoms with Crippen molar-refractivity contribution in [2.45, 2.75) is 31.7 Å². The van der Waals surface area contributed by atoms with E-state index in [1.54, 1.807) is 0 Å². The third-order valence-corrected chi connectivity index (χ3v) is 2.18. The van der Waals surface area contributed by atoms with Crippen molar-refractivity contribution in [3.05, 3.63) is 0 Å². The predicted molar refractivity (Wildman–Crippen MR) is 42.5 cm³/mol. The third kappa shape index (κ3) is 2.42. The molecule has 1 aliphatic rings. The zero-order valence-electron chi connectivity index (χ0n) is 6.79. The monoisotopic (exact) mass is 168 g/mol. The lowest BCUT2D eigenvalue weighted by atomic mass is 9.87. The molecule has 0 aromatic rings. The Labute approximate surface area is 71.2 Å². The summed E-state index contributed by atoms with van der Waals surface area (Å²) in [6.45, 7) is 0. The Morgan fingerprint density at radius 1 is 1.58 bits per heavy atom. The molecule has 66 valence electrons. The van der Waals surface area contributed by atoms with Crippen LogP contribution < -0.4 is 5.32 Å². The number of nitrogens with zero attached hydrogens (tertiary/aromatic N) is 1. The maximum absolute atomic E-state index is 10.3. The van der Waals surface area contributed by atoms with Gasteiger partial charge in [0.05, 0.1) is 6.07 Å². The Morgan fingerprint density at radius 2 is 2.33 bits per heavy atom. The number of nitrogens with one attached hydrogen (secondary N) is 1. The maximum atomic E-state index is 10.3. The van der Waals surface area contributed by atoms with Gasteiger partial charge in [-0.05, 0) is 19.3 Å². The fourth-order valence-corrected chi connectivity index (χ4v) is 1.61. The van der Waals surface area contributed by atoms with Crippen LogP contribution >= 0.6 is 0 Å². The van der Waals surface area contributed by atoms with Crippen molar-refractivity contribution in [3.63, 3.8) is 0 Å². The summed E-state index contributed by atoms with van der Waals surface area (Å²) in [6, 6.07) is 2.16. The molecule has 2 atom stereocenters. The molecule has 0 aromatic heterocycles. The molecule has 4 nitrogen and oxygen atoms in total. The summed E-state index contributed by atoms with van der Waals surface area (Å²) in [5.74, 6) is 0.0376. The molecule has 4 heteroatoms. The van der Waals surface area contributed by atoms with Crippen LogP contribution in [0, 0.1) is 17.2 Å². The number of hydrogen-bond donors (Lipinski definition) is 2. The summed E-state index contributed by atoms with van der Waals surface area (Å²) >= 11 is 0. The number of carbonyl (C=O) groups is 1. The molecule has 1 rings (SSSR count). The Morgan fingerprint density at radius 3 is 2.92 bits per heavy atom. The molecule has 0 aromatic carbocycles. The van der Waals surface area contributed by atoms with Crippen LogP contribution in [0.1, 0.15) is 25.7 Å². The molecule has 0 unspecified atom stereocenters. The highest BCUT2D eigenvalue weighted by molar-refractivity contribution is 5.64. The van der Waals surface area contributed by atoms with Gasteiger partial charge < -0.3 is 10.4 Å². The average Bonchev–Trinajstić information content (AvgIpc) is 2.03. The number of amides is 1. The molecule has 0 saturated heterocycles. The van der Waals surface area contributed by atoms with Gasteiger partial charge in [0.2, 0.25) is 0 Å². The molecule has 1 saturated carbocycles. The molecule has 12 heavy (non-hydrogen) atoms. The second-order valence-corrected chi connectivity index (χ2v) is 3.14. The topological polar surface area (TPSA) is 73.1 Å². The van der Waals surface area contributed by atoms with E-state index >= 15 is 0 Å². The summed E-state index contributed by atoms with van der Waals surface area (Å²) in [7, 11) is 0. The molecule has 0 spiro atoms. The third-order valence-electron chi connectivity index (χ3n) is 2.18. The van der Waals surface area contributed by atoms with Crippen molar-refractivity contribution in [2.75, 3.05) is 0 Å². The number of rotatable bonds is 1. The Hall–Kier alpha value is -1.24. The van der Waals surface area contributed by atoms with E-state index < -0.39 is 6.09 Å². The summed E-state index contributed by atoms with van der Waals surface area (Å²) < 4.78 is 0. The first kappa shape index (κ1) is 8.85. The largest absolute Gasteiger partial charge is 0.465 e. The van der Waals surface area contributed by atoms with Crippen LogP contribution in [-0.2, 0) is 0 Å². The van der Waals surface area contributed by atoms with Crippen LogP contribution in [0.4, 0.5) is 4.79 Å². The van der Waals surface area contributed by atoms with E-state index in [9.17, 15) is 4.79 Å². The highest BCUT2D eigenvalue weighted by Crippen LogP contribution is 2.23. The van der Waals surface area contributed by atoms with Crippen LogP contribution in [0.25, 0.3) is 0 Å². The van der Waals surface area contributed by atoms with Gasteiger partial charge in [-0.25, -0.2) is 4.79 Å². The van der Waals surface area contributed by atoms with Crippen molar-refractivity contribution >= 4 is 6.09 Å². The lowest BCUT2D eigenvalue weighted by Gasteiger charge is -2.24. The lowest BCUT2D eigenvalue weighted by molar-refractivity contribution is 0.184. The molecule has 1 aliphatic carbocycles. The SMILES string of the molecule is N#C[C@H]1CCC[C@H](NC(=O)O)C1. The van der Waals surface area contributed by atoms with Gasteiger partial charge in [-0.15, -0.1) is 0 Å². The van der Waals surface area contributed by atoms with Crippen LogP contribution in [0.15, 0.2) is 0 Å². The predicted octanol–water partition coefficient (Wildman–Crippen LogP) is 1.34. The second kappa shape index (κ2) is 3.96. The maximum Gasteiger partial charge on any atom is 0.404 e. The molecule has 0 bridgehead atoms. The van der Waals surface area contributed by atoms with Crippen molar-refractivity contribution in [3.8, 4) is 6.07 Å². The smallest absolute Gasteiger partial charge is 0.404 e. The molecule has 2 N–H and O–H groups in total. The van der Waals surface area contributed by atoms with E-state index in [1.807, 2.05) is 0 Å². The Balaban J connectivity index is 2.36. The van der Waals surface area contributed by atoms with Gasteiger partial charge in [-0.2, -0.15) is 5.26 Å². The number of nitriles is 1. The van der Waals surface area contributed by atoms with Crippen molar-refractivity contribution in [1.29, 1.82) is 5.26 Å². The highest BCUT2D eigenvalue weighted by atomic mass is 16.4. The number of hydrogen-bond acceptors (Lipinski definition) is 2. The summed E-state index contributed by atoms with van der Waals surface area (Å²) in [6.07, 6.45) is 2.41. The zero-order valence-corrected chi connectivity index (χ0v) is 6.79. The Bertz CT molecular complexity index is 210. The highest BCUT2D eigenvalue weighted by Gasteiger charge is 2.22. The molecule has 0 aliphatic heterocycles. The van der Waals surface area contributed by atoms with E-state index in [1.165, 1.54) is 0 Å². The van der Waals surface area contributed by atoms with Crippen LogP contribution in [0.2, 0.25) is 0 Å². The molecular formula is C8H12N2O2. The van der Waals surface area contributed by atoms with Crippen LogP contribution in [0.5, 0.6) is 0 Å². The van der Waals surface area contributed by atoms with Crippen molar-refractivity contribution in [1.82, 2.24) is 5.32 Å². The quantitative estimate of drug-likeness (QED) is 0.620. The summed E-state index contributed by atoms with van der Waals surface area (Å²) in [4.78, 5) is 10.3. The van der Waals surface area contributed by atoms with Gasteiger partial charge in [-0.3, -0.25) is 0 Å². The van der Waals surface area contributed by atoms with Crippen LogP contribution in [-0.4, -0.2) is 17.2 Å². The van der Waals surface area contributed by atoms with Crippen molar-refractivity contribution in [2.24, 2.45) is 5.92 Å². The fraction of sp³-hybridized carbons (Fsp3) is 0.750. The molecule has 1 fully saturated rings. The molecule has 1 amide bonds. The lowest BCUT2D eigenvalue weighted by Crippen LogP contribution is -2.37. The Kier molecular flexibility index (Phi) is 2.92. The first-order valence-corrected chi connectivity index (χ1v) is 4.11. The second-order valence-electron chi connectivity index (χ2n) is 3.14. The van der Waals surface area contributed by atoms with Gasteiger partial charge in [0, 0.05) is 12.0 Å². The van der Waals surface area contributed by atoms with Gasteiger partial charge in [-0.1, -0.05) is 6.42 Å². The van der Waals surface area contributed by atoms with Gasteiger partial charge >= 0.3 is 6.09 Å². The normalized spacial score (nSPS) is 28.9. The first-order valence-electron chi connectivity index (χ1n) is 4.11. The standard InChI is InChI=1S/C8H12N2O2/c9-5-6-2-1-3-7(4-6)10-8(11)12/h6-7,10H,1-4H2,(H,11,12)/t6-,7-/m0/s1. The first-order chi connectivity index (χ1) is 5.72. The van der Waals surface area contributed by atoms with Crippen LogP contribution in [0.3, 0.4) is 0 Å². The van der Waals surface area contributed by atoms with Gasteiger partial charge in [0.1, 0.15) is 0 Å². The molecule has 0 radical (unpaired) electrons. The van der Waals surface area contributed by atoms with Crippen molar-refractivity contribution < 1.29 is 9.90 Å². The van der Waals surface area contributed by atoms with E-state index in [4.69, 9.17) is 10.4 Å². The summed E-state index contributed by atoms with van der Waals surface area (Å²) in [5.41, 5.74) is 0. The minimum atomic E-state index is -0.987. The van der Waals surface area contributed by atoms with E-state index in [0.717, 1.165) is 19.3 Å². The fourth-order valence-electron chi connectivity index (χ4n) is 1.61. The van der Waals surface area contributed by atoms with E-state index in [-0.39, 0.29) is 12.0 Å². The number of carboxylic acid groups (broad SMARTS) is 1.